The van der Waals surface area contributed by atoms with E-state index in [-0.39, 0.29) is 16.3 Å². The molecule has 0 fully saturated rings. The molecule has 6 nitrogen and oxygen atoms in total. The zero-order chi connectivity index (χ0) is 16.1. The van der Waals surface area contributed by atoms with Gasteiger partial charge in [0.15, 0.2) is 0 Å². The molecule has 0 unspecified atom stereocenters. The van der Waals surface area contributed by atoms with Gasteiger partial charge in [0.1, 0.15) is 11.5 Å². The normalized spacial score (nSPS) is 9.91. The summed E-state index contributed by atoms with van der Waals surface area (Å²) in [6, 6.07) is 10.4. The second-order valence-electron chi connectivity index (χ2n) is 4.30. The maximum Gasteiger partial charge on any atom is 0.269 e. The van der Waals surface area contributed by atoms with Crippen LogP contribution in [0.2, 0.25) is 5.02 Å². The summed E-state index contributed by atoms with van der Waals surface area (Å²) in [6.45, 7) is 0. The molecule has 2 rings (SSSR count). The first kappa shape index (κ1) is 15.7. The third-order valence-electron chi connectivity index (χ3n) is 2.85. The van der Waals surface area contributed by atoms with E-state index in [4.69, 9.17) is 16.3 Å². The summed E-state index contributed by atoms with van der Waals surface area (Å²) >= 11 is 5.72. The number of hydrogen-bond acceptors (Lipinski definition) is 4. The molecule has 0 aliphatic heterocycles. The minimum absolute atomic E-state index is 0.0501. The van der Waals surface area contributed by atoms with E-state index in [0.717, 1.165) is 0 Å². The Morgan fingerprint density at radius 2 is 1.55 bits per heavy atom. The molecular weight excluding hydrogens is 308 g/mol. The lowest BCUT2D eigenvalue weighted by atomic mass is 10.2. The lowest BCUT2D eigenvalue weighted by molar-refractivity contribution is 0.0846. The van der Waals surface area contributed by atoms with Gasteiger partial charge in [0.05, 0.1) is 12.1 Å². The van der Waals surface area contributed by atoms with Gasteiger partial charge in [0.2, 0.25) is 0 Å². The molecule has 7 heteroatoms. The van der Waals surface area contributed by atoms with Crippen LogP contribution in [0.1, 0.15) is 20.7 Å². The van der Waals surface area contributed by atoms with Crippen molar-refractivity contribution in [3.8, 4) is 11.5 Å². The number of methoxy groups -OCH3 is 1. The number of phenols is 1. The van der Waals surface area contributed by atoms with Crippen LogP contribution in [-0.4, -0.2) is 24.0 Å². The first-order valence-electron chi connectivity index (χ1n) is 6.24. The van der Waals surface area contributed by atoms with E-state index in [1.165, 1.54) is 25.3 Å². The van der Waals surface area contributed by atoms with E-state index in [0.29, 0.717) is 11.3 Å². The van der Waals surface area contributed by atoms with Crippen LogP contribution in [0.5, 0.6) is 11.5 Å². The average Bonchev–Trinajstić information content (AvgIpc) is 2.54. The predicted molar refractivity (Wildman–Crippen MR) is 81.0 cm³/mol. The zero-order valence-electron chi connectivity index (χ0n) is 11.6. The van der Waals surface area contributed by atoms with E-state index in [1.807, 2.05) is 0 Å². The Morgan fingerprint density at radius 3 is 2.09 bits per heavy atom. The van der Waals surface area contributed by atoms with E-state index >= 15 is 0 Å². The fourth-order valence-corrected chi connectivity index (χ4v) is 1.83. The standard InChI is InChI=1S/C15H13ClN2O4/c1-22-11-5-2-9(3-6-11)14(20)17-18-15(21)10-4-7-13(19)12(16)8-10/h2-8,19H,1H3,(H,17,20)(H,18,21). The molecular formula is C15H13ClN2O4. The van der Waals surface area contributed by atoms with Crippen molar-refractivity contribution in [2.75, 3.05) is 7.11 Å². The average molecular weight is 321 g/mol. The lowest BCUT2D eigenvalue weighted by Crippen LogP contribution is -2.41. The highest BCUT2D eigenvalue weighted by atomic mass is 35.5. The number of phenolic OH excluding ortho intramolecular Hbond substituents is 1. The van der Waals surface area contributed by atoms with Crippen molar-refractivity contribution in [1.82, 2.24) is 10.9 Å². The predicted octanol–water partition coefficient (Wildman–Crippen LogP) is 2.13. The fourth-order valence-electron chi connectivity index (χ4n) is 1.65. The number of hydrazine groups is 1. The molecule has 0 radical (unpaired) electrons. The van der Waals surface area contributed by atoms with Gasteiger partial charge >= 0.3 is 0 Å². The van der Waals surface area contributed by atoms with Crippen molar-refractivity contribution in [3.05, 3.63) is 58.6 Å². The SMILES string of the molecule is COc1ccc(C(=O)NNC(=O)c2ccc(O)c(Cl)c2)cc1. The highest BCUT2D eigenvalue weighted by molar-refractivity contribution is 6.32. The Kier molecular flexibility index (Phi) is 4.85. The zero-order valence-corrected chi connectivity index (χ0v) is 12.3. The summed E-state index contributed by atoms with van der Waals surface area (Å²) in [6.07, 6.45) is 0. The molecule has 3 N–H and O–H groups in total. The quantitative estimate of drug-likeness (QED) is 0.756. The van der Waals surface area contributed by atoms with Crippen LogP contribution in [0.4, 0.5) is 0 Å². The van der Waals surface area contributed by atoms with Crippen LogP contribution in [-0.2, 0) is 0 Å². The number of hydrogen-bond donors (Lipinski definition) is 3. The van der Waals surface area contributed by atoms with Gasteiger partial charge in [-0.25, -0.2) is 0 Å². The summed E-state index contributed by atoms with van der Waals surface area (Å²) in [5.74, 6) is -0.524. The van der Waals surface area contributed by atoms with Crippen molar-refractivity contribution >= 4 is 23.4 Å². The number of halogens is 1. The molecule has 0 bridgehead atoms. The number of rotatable bonds is 3. The number of carbonyl (C=O) groups excluding carboxylic acids is 2. The summed E-state index contributed by atoms with van der Waals surface area (Å²) in [5, 5.41) is 9.34. The highest BCUT2D eigenvalue weighted by Crippen LogP contribution is 2.23. The minimum atomic E-state index is -0.552. The van der Waals surface area contributed by atoms with E-state index in [2.05, 4.69) is 10.9 Å². The number of aromatic hydroxyl groups is 1. The highest BCUT2D eigenvalue weighted by Gasteiger charge is 2.10. The third kappa shape index (κ3) is 3.67. The van der Waals surface area contributed by atoms with Crippen LogP contribution in [0, 0.1) is 0 Å². The number of amides is 2. The van der Waals surface area contributed by atoms with E-state index < -0.39 is 11.8 Å². The molecule has 0 saturated heterocycles. The third-order valence-corrected chi connectivity index (χ3v) is 3.15. The second kappa shape index (κ2) is 6.82. The smallest absolute Gasteiger partial charge is 0.269 e. The molecule has 114 valence electrons. The van der Waals surface area contributed by atoms with Crippen LogP contribution in [0.15, 0.2) is 42.5 Å². The van der Waals surface area contributed by atoms with Crippen molar-refractivity contribution in [3.63, 3.8) is 0 Å². The van der Waals surface area contributed by atoms with Gasteiger partial charge < -0.3 is 9.84 Å². The van der Waals surface area contributed by atoms with Gasteiger partial charge in [-0.05, 0) is 42.5 Å². The minimum Gasteiger partial charge on any atom is -0.506 e. The van der Waals surface area contributed by atoms with Crippen molar-refractivity contribution in [2.24, 2.45) is 0 Å². The largest absolute Gasteiger partial charge is 0.506 e. The first-order valence-corrected chi connectivity index (χ1v) is 6.62. The molecule has 0 spiro atoms. The van der Waals surface area contributed by atoms with Gasteiger partial charge in [-0.3, -0.25) is 20.4 Å². The van der Waals surface area contributed by atoms with E-state index in [9.17, 15) is 14.7 Å². The summed E-state index contributed by atoms with van der Waals surface area (Å²) in [4.78, 5) is 23.7. The van der Waals surface area contributed by atoms with Crippen LogP contribution >= 0.6 is 11.6 Å². The van der Waals surface area contributed by atoms with Crippen molar-refractivity contribution in [1.29, 1.82) is 0 Å². The molecule has 0 aliphatic carbocycles. The van der Waals surface area contributed by atoms with Gasteiger partial charge in [-0.15, -0.1) is 0 Å². The maximum absolute atomic E-state index is 11.9. The molecule has 0 saturated carbocycles. The monoisotopic (exact) mass is 320 g/mol. The molecule has 2 amide bonds. The topological polar surface area (TPSA) is 87.7 Å². The number of nitrogens with one attached hydrogen (secondary N) is 2. The van der Waals surface area contributed by atoms with Crippen LogP contribution < -0.4 is 15.6 Å². The van der Waals surface area contributed by atoms with Crippen LogP contribution in [0.3, 0.4) is 0 Å². The Balaban J connectivity index is 1.97. The first-order chi connectivity index (χ1) is 10.5. The lowest BCUT2D eigenvalue weighted by Gasteiger charge is -2.08. The van der Waals surface area contributed by atoms with Gasteiger partial charge in [-0.2, -0.15) is 0 Å². The molecule has 0 atom stereocenters. The fraction of sp³-hybridized carbons (Fsp3) is 0.0667. The maximum atomic E-state index is 11.9. The number of benzene rings is 2. The van der Waals surface area contributed by atoms with Gasteiger partial charge in [-0.1, -0.05) is 11.6 Å². The van der Waals surface area contributed by atoms with Gasteiger partial charge in [0.25, 0.3) is 11.8 Å². The van der Waals surface area contributed by atoms with E-state index in [1.54, 1.807) is 24.3 Å². The number of carbonyl (C=O) groups is 2. The van der Waals surface area contributed by atoms with Crippen molar-refractivity contribution < 1.29 is 19.4 Å². The molecule has 0 aliphatic rings. The number of ether oxygens (including phenoxy) is 1. The summed E-state index contributed by atoms with van der Waals surface area (Å²) in [7, 11) is 1.53. The molecule has 22 heavy (non-hydrogen) atoms. The Bertz CT molecular complexity index is 701. The Morgan fingerprint density at radius 1 is 1.00 bits per heavy atom. The Labute approximate surface area is 131 Å². The second-order valence-corrected chi connectivity index (χ2v) is 4.71. The molecule has 0 heterocycles. The molecule has 2 aromatic carbocycles. The molecule has 0 aromatic heterocycles. The van der Waals surface area contributed by atoms with Crippen LogP contribution in [0.25, 0.3) is 0 Å². The van der Waals surface area contributed by atoms with Crippen molar-refractivity contribution in [2.45, 2.75) is 0 Å². The Hall–Kier alpha value is -2.73. The van der Waals surface area contributed by atoms with Gasteiger partial charge in [0, 0.05) is 11.1 Å². The molecule has 2 aromatic rings. The summed E-state index contributed by atoms with van der Waals surface area (Å²) < 4.78 is 4.99. The summed E-state index contributed by atoms with van der Waals surface area (Å²) in [5.41, 5.74) is 5.12.